The first-order chi connectivity index (χ1) is 10.7. The predicted molar refractivity (Wildman–Crippen MR) is 87.8 cm³/mol. The third-order valence-electron chi connectivity index (χ3n) is 3.28. The number of hydrogen-bond donors (Lipinski definition) is 1. The van der Waals surface area contributed by atoms with Gasteiger partial charge in [-0.1, -0.05) is 22.7 Å². The Morgan fingerprint density at radius 1 is 0.909 bits per heavy atom. The van der Waals surface area contributed by atoms with Crippen LogP contribution in [-0.4, -0.2) is 33.6 Å². The molecule has 0 spiro atoms. The van der Waals surface area contributed by atoms with Crippen molar-refractivity contribution in [1.82, 2.24) is 20.4 Å². The molecule has 0 aromatic carbocycles. The molecule has 4 heterocycles. The van der Waals surface area contributed by atoms with Crippen molar-refractivity contribution in [2.45, 2.75) is 37.9 Å². The minimum Gasteiger partial charge on any atom is -0.374 e. The average molecular weight is 406 g/mol. The summed E-state index contributed by atoms with van der Waals surface area (Å²) in [5.74, 6) is 0. The molecule has 120 valence electrons. The summed E-state index contributed by atoms with van der Waals surface area (Å²) in [4.78, 5) is 0. The molecule has 2 atom stereocenters. The number of anilines is 1. The van der Waals surface area contributed by atoms with E-state index in [2.05, 4.69) is 36.3 Å². The molecule has 0 radical (unpaired) electrons. The van der Waals surface area contributed by atoms with Crippen LogP contribution in [-0.2, 0) is 9.47 Å². The van der Waals surface area contributed by atoms with Gasteiger partial charge in [0.1, 0.15) is 22.2 Å². The molecule has 0 aliphatic carbocycles. The lowest BCUT2D eigenvalue weighted by molar-refractivity contribution is 0.111. The van der Waals surface area contributed by atoms with E-state index in [1.807, 2.05) is 0 Å². The summed E-state index contributed by atoms with van der Waals surface area (Å²) in [5, 5.41) is 17.9. The SMILES string of the molecule is Brc1nnc(C2CCCO2)s1.Nc1nnc(C2CCCO2)s1. The summed E-state index contributed by atoms with van der Waals surface area (Å²) in [6.45, 7) is 1.70. The van der Waals surface area contributed by atoms with Crippen molar-refractivity contribution in [3.05, 3.63) is 13.9 Å². The molecule has 0 saturated carbocycles. The van der Waals surface area contributed by atoms with Gasteiger partial charge in [-0.3, -0.25) is 0 Å². The number of halogens is 1. The molecule has 2 aliphatic rings. The van der Waals surface area contributed by atoms with Gasteiger partial charge in [-0.2, -0.15) is 0 Å². The minimum atomic E-state index is 0.157. The molecule has 2 aromatic rings. The van der Waals surface area contributed by atoms with Crippen molar-refractivity contribution >= 4 is 43.7 Å². The fraction of sp³-hybridized carbons (Fsp3) is 0.667. The molecule has 2 N–H and O–H groups in total. The third-order valence-corrected chi connectivity index (χ3v) is 5.57. The van der Waals surface area contributed by atoms with Crippen LogP contribution in [0.4, 0.5) is 5.13 Å². The summed E-state index contributed by atoms with van der Waals surface area (Å²) in [5.41, 5.74) is 5.44. The van der Waals surface area contributed by atoms with Gasteiger partial charge in [0.25, 0.3) is 0 Å². The Morgan fingerprint density at radius 3 is 1.91 bits per heavy atom. The monoisotopic (exact) mass is 405 g/mol. The number of rotatable bonds is 2. The van der Waals surface area contributed by atoms with Gasteiger partial charge in [0.15, 0.2) is 3.92 Å². The summed E-state index contributed by atoms with van der Waals surface area (Å²) in [6.07, 6.45) is 4.76. The minimum absolute atomic E-state index is 0.157. The van der Waals surface area contributed by atoms with Crippen LogP contribution in [0.3, 0.4) is 0 Å². The van der Waals surface area contributed by atoms with E-state index in [0.717, 1.165) is 52.8 Å². The van der Waals surface area contributed by atoms with Crippen molar-refractivity contribution < 1.29 is 9.47 Å². The van der Waals surface area contributed by atoms with E-state index in [1.54, 1.807) is 11.3 Å². The molecule has 0 amide bonds. The molecule has 2 fully saturated rings. The van der Waals surface area contributed by atoms with Gasteiger partial charge < -0.3 is 15.2 Å². The number of aromatic nitrogens is 4. The van der Waals surface area contributed by atoms with Gasteiger partial charge in [-0.15, -0.1) is 20.4 Å². The fourth-order valence-corrected chi connectivity index (χ4v) is 4.19. The maximum Gasteiger partial charge on any atom is 0.203 e. The molecule has 2 aromatic heterocycles. The molecule has 7 nitrogen and oxygen atoms in total. The van der Waals surface area contributed by atoms with Gasteiger partial charge in [0.05, 0.1) is 0 Å². The van der Waals surface area contributed by atoms with Crippen LogP contribution in [0.1, 0.15) is 47.9 Å². The second kappa shape index (κ2) is 7.73. The lowest BCUT2D eigenvalue weighted by Gasteiger charge is -2.01. The Balaban J connectivity index is 0.000000131. The zero-order valence-electron chi connectivity index (χ0n) is 11.8. The largest absolute Gasteiger partial charge is 0.374 e. The Kier molecular flexibility index (Phi) is 5.69. The number of nitrogen functional groups attached to an aromatic ring is 1. The topological polar surface area (TPSA) is 96.0 Å². The third kappa shape index (κ3) is 4.19. The number of nitrogens with two attached hydrogens (primary N) is 1. The maximum atomic E-state index is 5.44. The molecular formula is C12H16BrN5O2S2. The van der Waals surface area contributed by atoms with Gasteiger partial charge in [-0.05, 0) is 41.6 Å². The van der Waals surface area contributed by atoms with E-state index in [9.17, 15) is 0 Å². The molecule has 22 heavy (non-hydrogen) atoms. The second-order valence-corrected chi connectivity index (χ2v) is 8.20. The van der Waals surface area contributed by atoms with E-state index in [1.165, 1.54) is 11.3 Å². The van der Waals surface area contributed by atoms with Crippen LogP contribution in [0.25, 0.3) is 0 Å². The first-order valence-electron chi connectivity index (χ1n) is 7.03. The highest BCUT2D eigenvalue weighted by atomic mass is 79.9. The summed E-state index contributed by atoms with van der Waals surface area (Å²) in [6, 6.07) is 0. The highest BCUT2D eigenvalue weighted by molar-refractivity contribution is 9.11. The van der Waals surface area contributed by atoms with Gasteiger partial charge in [-0.25, -0.2) is 0 Å². The Bertz CT molecular complexity index is 544. The lowest BCUT2D eigenvalue weighted by atomic mass is 10.2. The van der Waals surface area contributed by atoms with Crippen LogP contribution in [0.2, 0.25) is 0 Å². The first kappa shape index (κ1) is 16.2. The predicted octanol–water partition coefficient (Wildman–Crippen LogP) is 3.12. The molecule has 2 aliphatic heterocycles. The van der Waals surface area contributed by atoms with Crippen molar-refractivity contribution in [1.29, 1.82) is 0 Å². The molecule has 2 unspecified atom stereocenters. The van der Waals surface area contributed by atoms with E-state index < -0.39 is 0 Å². The van der Waals surface area contributed by atoms with E-state index in [-0.39, 0.29) is 12.2 Å². The number of hydrogen-bond acceptors (Lipinski definition) is 9. The second-order valence-electron chi connectivity index (χ2n) is 4.88. The van der Waals surface area contributed by atoms with Crippen LogP contribution < -0.4 is 5.73 Å². The van der Waals surface area contributed by atoms with Gasteiger partial charge in [0.2, 0.25) is 5.13 Å². The summed E-state index contributed by atoms with van der Waals surface area (Å²) >= 11 is 6.24. The Labute approximate surface area is 144 Å². The van der Waals surface area contributed by atoms with Crippen LogP contribution in [0.15, 0.2) is 3.92 Å². The first-order valence-corrected chi connectivity index (χ1v) is 9.46. The normalized spacial score (nSPS) is 24.2. The maximum absolute atomic E-state index is 5.44. The van der Waals surface area contributed by atoms with Crippen molar-refractivity contribution in [2.24, 2.45) is 0 Å². The van der Waals surface area contributed by atoms with Crippen molar-refractivity contribution in [2.75, 3.05) is 18.9 Å². The van der Waals surface area contributed by atoms with Crippen LogP contribution >= 0.6 is 38.6 Å². The van der Waals surface area contributed by atoms with Gasteiger partial charge in [0, 0.05) is 13.2 Å². The molecule has 4 rings (SSSR count). The number of nitrogens with zero attached hydrogens (tertiary/aromatic N) is 4. The Morgan fingerprint density at radius 2 is 1.50 bits per heavy atom. The van der Waals surface area contributed by atoms with Crippen LogP contribution in [0.5, 0.6) is 0 Å². The molecule has 0 bridgehead atoms. The fourth-order valence-electron chi connectivity index (χ4n) is 2.27. The molecule has 2 saturated heterocycles. The molecule has 10 heteroatoms. The van der Waals surface area contributed by atoms with Crippen molar-refractivity contribution in [3.8, 4) is 0 Å². The average Bonchev–Trinajstić information content (AvgIpc) is 3.28. The smallest absolute Gasteiger partial charge is 0.203 e. The van der Waals surface area contributed by atoms with E-state index in [4.69, 9.17) is 15.2 Å². The number of ether oxygens (including phenoxy) is 2. The zero-order chi connectivity index (χ0) is 15.4. The quantitative estimate of drug-likeness (QED) is 0.819. The zero-order valence-corrected chi connectivity index (χ0v) is 15.0. The lowest BCUT2D eigenvalue weighted by Crippen LogP contribution is -1.93. The van der Waals surface area contributed by atoms with Crippen LogP contribution in [0, 0.1) is 0 Å². The Hall–Kier alpha value is -0.680. The standard InChI is InChI=1S/C6H7BrN2OS.C6H9N3OS/c2*7-6-9-8-5(11-6)4-2-1-3-10-4/h4H,1-3H2;4H,1-3H2,(H2,7,9). The van der Waals surface area contributed by atoms with Crippen molar-refractivity contribution in [3.63, 3.8) is 0 Å². The summed E-state index contributed by atoms with van der Waals surface area (Å²) in [7, 11) is 0. The summed E-state index contributed by atoms with van der Waals surface area (Å²) < 4.78 is 11.7. The van der Waals surface area contributed by atoms with E-state index in [0.29, 0.717) is 5.13 Å². The van der Waals surface area contributed by atoms with E-state index >= 15 is 0 Å². The molecular weight excluding hydrogens is 390 g/mol. The van der Waals surface area contributed by atoms with Gasteiger partial charge >= 0.3 is 0 Å². The highest BCUT2D eigenvalue weighted by Crippen LogP contribution is 2.32. The highest BCUT2D eigenvalue weighted by Gasteiger charge is 2.21.